The van der Waals surface area contributed by atoms with E-state index in [1.165, 1.54) is 18.2 Å². The number of nitrogens with one attached hydrogen (secondary N) is 1. The van der Waals surface area contributed by atoms with Crippen LogP contribution in [0.1, 0.15) is 26.2 Å². The molecule has 1 unspecified atom stereocenters. The van der Waals surface area contributed by atoms with Crippen molar-refractivity contribution in [2.45, 2.75) is 32.2 Å². The lowest BCUT2D eigenvalue weighted by Crippen LogP contribution is -2.47. The first-order valence-corrected chi connectivity index (χ1v) is 9.91. The van der Waals surface area contributed by atoms with Crippen molar-refractivity contribution in [2.24, 2.45) is 0 Å². The second-order valence-electron chi connectivity index (χ2n) is 6.78. The van der Waals surface area contributed by atoms with Gasteiger partial charge in [-0.2, -0.15) is 0 Å². The van der Waals surface area contributed by atoms with Crippen LogP contribution >= 0.6 is 0 Å². The zero-order valence-corrected chi connectivity index (χ0v) is 17.0. The summed E-state index contributed by atoms with van der Waals surface area (Å²) in [6.45, 7) is 2.15. The SMILES string of the molecule is CCOc1ccc(NC(=O)COC(=O)C2CCCCN2c2ncccn2)c([N+](=O)[O-])c1. The molecule has 11 heteroatoms. The fourth-order valence-corrected chi connectivity index (χ4v) is 3.30. The summed E-state index contributed by atoms with van der Waals surface area (Å²) in [4.78, 5) is 45.7. The van der Waals surface area contributed by atoms with E-state index in [9.17, 15) is 19.7 Å². The minimum absolute atomic E-state index is 0.00789. The monoisotopic (exact) mass is 429 g/mol. The fourth-order valence-electron chi connectivity index (χ4n) is 3.30. The van der Waals surface area contributed by atoms with Crippen molar-refractivity contribution >= 4 is 29.2 Å². The number of benzene rings is 1. The van der Waals surface area contributed by atoms with Crippen molar-refractivity contribution in [1.82, 2.24) is 9.97 Å². The van der Waals surface area contributed by atoms with Crippen LogP contribution in [0.4, 0.5) is 17.3 Å². The second-order valence-corrected chi connectivity index (χ2v) is 6.78. The highest BCUT2D eigenvalue weighted by molar-refractivity contribution is 5.95. The number of nitro groups is 1. The van der Waals surface area contributed by atoms with Crippen molar-refractivity contribution in [2.75, 3.05) is 30.0 Å². The van der Waals surface area contributed by atoms with E-state index in [0.29, 0.717) is 31.3 Å². The van der Waals surface area contributed by atoms with Gasteiger partial charge in [-0.15, -0.1) is 0 Å². The number of anilines is 2. The molecule has 164 valence electrons. The predicted octanol–water partition coefficient (Wildman–Crippen LogP) is 2.32. The summed E-state index contributed by atoms with van der Waals surface area (Å²) in [5.41, 5.74) is -0.322. The van der Waals surface area contributed by atoms with Gasteiger partial charge in [0, 0.05) is 18.9 Å². The topological polar surface area (TPSA) is 137 Å². The molecule has 1 N–H and O–H groups in total. The standard InChI is InChI=1S/C20H23N5O6/c1-2-30-14-7-8-15(17(12-14)25(28)29)23-18(26)13-31-19(27)16-6-3-4-11-24(16)20-21-9-5-10-22-20/h5,7-10,12,16H,2-4,6,11,13H2,1H3,(H,23,26). The molecule has 2 aromatic rings. The molecule has 3 rings (SSSR count). The van der Waals surface area contributed by atoms with Crippen LogP contribution in [0.25, 0.3) is 0 Å². The Labute approximate surface area is 178 Å². The van der Waals surface area contributed by atoms with Crippen molar-refractivity contribution in [3.05, 3.63) is 46.8 Å². The Balaban J connectivity index is 1.61. The highest BCUT2D eigenvalue weighted by atomic mass is 16.6. The minimum atomic E-state index is -0.682. The van der Waals surface area contributed by atoms with E-state index in [2.05, 4.69) is 15.3 Å². The molecule has 0 bridgehead atoms. The maximum atomic E-state index is 12.6. The van der Waals surface area contributed by atoms with Crippen molar-refractivity contribution in [3.8, 4) is 5.75 Å². The number of nitrogens with zero attached hydrogens (tertiary/aromatic N) is 4. The number of amides is 1. The molecule has 11 nitrogen and oxygen atoms in total. The Morgan fingerprint density at radius 2 is 2.06 bits per heavy atom. The average Bonchev–Trinajstić information content (AvgIpc) is 2.79. The number of ether oxygens (including phenoxy) is 2. The molecule has 31 heavy (non-hydrogen) atoms. The van der Waals surface area contributed by atoms with E-state index < -0.39 is 29.4 Å². The minimum Gasteiger partial charge on any atom is -0.494 e. The van der Waals surface area contributed by atoms with Crippen LogP contribution in [-0.2, 0) is 14.3 Å². The van der Waals surface area contributed by atoms with Crippen LogP contribution in [0, 0.1) is 10.1 Å². The molecule has 0 saturated carbocycles. The normalized spacial score (nSPS) is 15.8. The van der Waals surface area contributed by atoms with Gasteiger partial charge in [0.05, 0.1) is 17.6 Å². The van der Waals surface area contributed by atoms with Crippen LogP contribution < -0.4 is 15.0 Å². The van der Waals surface area contributed by atoms with Crippen LogP contribution in [0.5, 0.6) is 5.75 Å². The number of hydrogen-bond acceptors (Lipinski definition) is 9. The summed E-state index contributed by atoms with van der Waals surface area (Å²) in [5.74, 6) is -0.500. The number of rotatable bonds is 8. The van der Waals surface area contributed by atoms with Gasteiger partial charge in [0.1, 0.15) is 17.5 Å². The molecule has 1 saturated heterocycles. The molecule has 1 aliphatic rings. The summed E-state index contributed by atoms with van der Waals surface area (Å²) in [6, 6.07) is 5.20. The van der Waals surface area contributed by atoms with Crippen molar-refractivity contribution in [1.29, 1.82) is 0 Å². The molecule has 0 aliphatic carbocycles. The Hall–Kier alpha value is -3.76. The average molecular weight is 429 g/mol. The Morgan fingerprint density at radius 3 is 2.77 bits per heavy atom. The van der Waals surface area contributed by atoms with E-state index >= 15 is 0 Å². The van der Waals surface area contributed by atoms with E-state index in [4.69, 9.17) is 9.47 Å². The Kier molecular flexibility index (Phi) is 7.31. The van der Waals surface area contributed by atoms with Gasteiger partial charge < -0.3 is 19.7 Å². The first-order chi connectivity index (χ1) is 15.0. The summed E-state index contributed by atoms with van der Waals surface area (Å²) < 4.78 is 10.4. The molecule has 1 aromatic heterocycles. The van der Waals surface area contributed by atoms with Gasteiger partial charge in [-0.1, -0.05) is 0 Å². The first-order valence-electron chi connectivity index (χ1n) is 9.91. The zero-order chi connectivity index (χ0) is 22.2. The fraction of sp³-hybridized carbons (Fsp3) is 0.400. The Bertz CT molecular complexity index is 939. The number of carbonyl (C=O) groups excluding carboxylic acids is 2. The zero-order valence-electron chi connectivity index (χ0n) is 17.0. The molecule has 0 radical (unpaired) electrons. The third kappa shape index (κ3) is 5.65. The van der Waals surface area contributed by atoms with Gasteiger partial charge >= 0.3 is 5.97 Å². The number of hydrogen-bond donors (Lipinski definition) is 1. The van der Waals surface area contributed by atoms with E-state index in [-0.39, 0.29) is 11.4 Å². The summed E-state index contributed by atoms with van der Waals surface area (Å²) in [6.07, 6.45) is 5.48. The number of nitro benzene ring substituents is 1. The van der Waals surface area contributed by atoms with E-state index in [1.807, 2.05) is 0 Å². The highest BCUT2D eigenvalue weighted by Gasteiger charge is 2.32. The number of carbonyl (C=O) groups is 2. The third-order valence-corrected chi connectivity index (χ3v) is 4.68. The third-order valence-electron chi connectivity index (χ3n) is 4.68. The van der Waals surface area contributed by atoms with Gasteiger partial charge in [0.25, 0.3) is 11.6 Å². The van der Waals surface area contributed by atoms with Crippen LogP contribution in [0.2, 0.25) is 0 Å². The second kappa shape index (κ2) is 10.3. The molecular formula is C20H23N5O6. The maximum absolute atomic E-state index is 12.6. The van der Waals surface area contributed by atoms with Gasteiger partial charge in [-0.05, 0) is 44.4 Å². The van der Waals surface area contributed by atoms with Gasteiger partial charge in [0.2, 0.25) is 5.95 Å². The molecule has 1 atom stereocenters. The molecule has 1 amide bonds. The van der Waals surface area contributed by atoms with Gasteiger partial charge in [0.15, 0.2) is 6.61 Å². The van der Waals surface area contributed by atoms with Crippen LogP contribution in [-0.4, -0.2) is 52.6 Å². The largest absolute Gasteiger partial charge is 0.494 e. The van der Waals surface area contributed by atoms with Gasteiger partial charge in [-0.3, -0.25) is 14.9 Å². The lowest BCUT2D eigenvalue weighted by atomic mass is 10.0. The lowest BCUT2D eigenvalue weighted by Gasteiger charge is -2.33. The quantitative estimate of drug-likeness (QED) is 0.381. The summed E-state index contributed by atoms with van der Waals surface area (Å²) >= 11 is 0. The lowest BCUT2D eigenvalue weighted by molar-refractivity contribution is -0.384. The smallest absolute Gasteiger partial charge is 0.329 e. The van der Waals surface area contributed by atoms with Crippen LogP contribution in [0.3, 0.4) is 0 Å². The molecule has 1 aromatic carbocycles. The van der Waals surface area contributed by atoms with Crippen LogP contribution in [0.15, 0.2) is 36.7 Å². The molecular weight excluding hydrogens is 406 g/mol. The molecule has 0 spiro atoms. The molecule has 1 aliphatic heterocycles. The highest BCUT2D eigenvalue weighted by Crippen LogP contribution is 2.29. The van der Waals surface area contributed by atoms with Crippen molar-refractivity contribution in [3.63, 3.8) is 0 Å². The van der Waals surface area contributed by atoms with E-state index in [1.54, 1.807) is 30.3 Å². The number of piperidine rings is 1. The number of esters is 1. The van der Waals surface area contributed by atoms with E-state index in [0.717, 1.165) is 12.8 Å². The number of aromatic nitrogens is 2. The summed E-state index contributed by atoms with van der Waals surface area (Å²) in [5, 5.41) is 13.7. The first kappa shape index (κ1) is 21.9. The van der Waals surface area contributed by atoms with Crippen molar-refractivity contribution < 1.29 is 24.0 Å². The Morgan fingerprint density at radius 1 is 1.29 bits per heavy atom. The van der Waals surface area contributed by atoms with Gasteiger partial charge in [-0.25, -0.2) is 14.8 Å². The predicted molar refractivity (Wildman–Crippen MR) is 111 cm³/mol. The molecule has 2 heterocycles. The maximum Gasteiger partial charge on any atom is 0.329 e. The molecule has 1 fully saturated rings. The summed E-state index contributed by atoms with van der Waals surface area (Å²) in [7, 11) is 0.